The fraction of sp³-hybridized carbons (Fsp3) is 0.412. The lowest BCUT2D eigenvalue weighted by Gasteiger charge is -2.18. The van der Waals surface area contributed by atoms with E-state index in [1.165, 1.54) is 16.7 Å². The summed E-state index contributed by atoms with van der Waals surface area (Å²) in [5, 5.41) is 0.513. The monoisotopic (exact) mass is 290 g/mol. The number of rotatable bonds is 5. The molecule has 0 heterocycles. The Morgan fingerprint density at radius 2 is 1.90 bits per heavy atom. The van der Waals surface area contributed by atoms with Gasteiger partial charge >= 0.3 is 0 Å². The smallest absolute Gasteiger partial charge is 0.126 e. The van der Waals surface area contributed by atoms with Crippen molar-refractivity contribution in [2.24, 2.45) is 0 Å². The highest BCUT2D eigenvalue weighted by Crippen LogP contribution is 2.33. The summed E-state index contributed by atoms with van der Waals surface area (Å²) < 4.78 is 10.8. The van der Waals surface area contributed by atoms with Gasteiger partial charge in [-0.25, -0.2) is 0 Å². The fourth-order valence-corrected chi connectivity index (χ4v) is 3.51. The minimum absolute atomic E-state index is 0.513. The third-order valence-corrected chi connectivity index (χ3v) is 4.83. The number of methoxy groups -OCH3 is 2. The molecule has 0 aliphatic heterocycles. The largest absolute Gasteiger partial charge is 0.497 e. The summed E-state index contributed by atoms with van der Waals surface area (Å²) >= 11 is 1.95. The van der Waals surface area contributed by atoms with Gasteiger partial charge in [0.1, 0.15) is 11.5 Å². The maximum absolute atomic E-state index is 5.57. The lowest BCUT2D eigenvalue weighted by molar-refractivity contribution is 0.304. The average molecular weight is 290 g/mol. The lowest BCUT2D eigenvalue weighted by atomic mass is 10.1. The molecule has 0 N–H and O–H groups in total. The first kappa shape index (κ1) is 15.0. The average Bonchev–Trinajstić information content (AvgIpc) is 2.48. The predicted octanol–water partition coefficient (Wildman–Crippen LogP) is 4.40. The van der Waals surface area contributed by atoms with Crippen LogP contribution in [-0.4, -0.2) is 19.5 Å². The second-order valence-electron chi connectivity index (χ2n) is 4.97. The van der Waals surface area contributed by atoms with Crippen molar-refractivity contribution in [1.82, 2.24) is 0 Å². The van der Waals surface area contributed by atoms with Gasteiger partial charge in [-0.1, -0.05) is 18.2 Å². The van der Waals surface area contributed by atoms with Crippen LogP contribution in [0.2, 0.25) is 0 Å². The zero-order valence-electron chi connectivity index (χ0n) is 12.6. The van der Waals surface area contributed by atoms with Gasteiger partial charge in [0.25, 0.3) is 0 Å². The van der Waals surface area contributed by atoms with E-state index in [1.54, 1.807) is 14.2 Å². The summed E-state index contributed by atoms with van der Waals surface area (Å²) in [6.45, 7) is 4.25. The van der Waals surface area contributed by atoms with Crippen LogP contribution in [0.1, 0.15) is 23.1 Å². The van der Waals surface area contributed by atoms with E-state index in [1.807, 2.05) is 11.8 Å². The number of hydrogen-bond acceptors (Lipinski definition) is 3. The van der Waals surface area contributed by atoms with Crippen molar-refractivity contribution in [3.63, 3.8) is 0 Å². The highest BCUT2D eigenvalue weighted by molar-refractivity contribution is 7.99. The van der Waals surface area contributed by atoms with Crippen LogP contribution in [0.4, 0.5) is 0 Å². The standard InChI is InChI=1S/C17H22O2S/c1-12-5-6-13(2)17(19-4)16(12)11-20-15-9-7-14(18-3)8-10-15/h5-9,15H,10-11H2,1-4H3. The SMILES string of the molecule is COC1=CCC(SCc2c(C)ccc(C)c2OC)C=C1. The van der Waals surface area contributed by atoms with Gasteiger partial charge in [-0.2, -0.15) is 0 Å². The van der Waals surface area contributed by atoms with Crippen molar-refractivity contribution in [2.45, 2.75) is 31.3 Å². The van der Waals surface area contributed by atoms with Crippen molar-refractivity contribution in [3.8, 4) is 5.75 Å². The predicted molar refractivity (Wildman–Crippen MR) is 86.4 cm³/mol. The molecule has 0 saturated heterocycles. The summed E-state index contributed by atoms with van der Waals surface area (Å²) in [7, 11) is 3.47. The molecule has 1 aromatic carbocycles. The molecule has 2 rings (SSSR count). The Hall–Kier alpha value is -1.35. The van der Waals surface area contributed by atoms with E-state index < -0.39 is 0 Å². The van der Waals surface area contributed by atoms with Crippen LogP contribution >= 0.6 is 11.8 Å². The molecule has 0 fully saturated rings. The molecule has 0 aromatic heterocycles. The Kier molecular flexibility index (Phi) is 5.18. The van der Waals surface area contributed by atoms with Gasteiger partial charge in [-0.3, -0.25) is 0 Å². The van der Waals surface area contributed by atoms with Gasteiger partial charge < -0.3 is 9.47 Å². The number of hydrogen-bond donors (Lipinski definition) is 0. The number of ether oxygens (including phenoxy) is 2. The van der Waals surface area contributed by atoms with Gasteiger partial charge in [0.2, 0.25) is 0 Å². The first-order valence-corrected chi connectivity index (χ1v) is 7.87. The van der Waals surface area contributed by atoms with Crippen LogP contribution in [0.25, 0.3) is 0 Å². The van der Waals surface area contributed by atoms with E-state index in [0.29, 0.717) is 5.25 Å². The van der Waals surface area contributed by atoms with E-state index in [-0.39, 0.29) is 0 Å². The molecular formula is C17H22O2S. The van der Waals surface area contributed by atoms with Gasteiger partial charge in [0, 0.05) is 16.6 Å². The Morgan fingerprint density at radius 1 is 1.15 bits per heavy atom. The van der Waals surface area contributed by atoms with Crippen molar-refractivity contribution in [1.29, 1.82) is 0 Å². The molecule has 2 nitrogen and oxygen atoms in total. The molecule has 0 bridgehead atoms. The van der Waals surface area contributed by atoms with Crippen LogP contribution in [0, 0.1) is 13.8 Å². The molecule has 1 aliphatic rings. The zero-order chi connectivity index (χ0) is 14.5. The molecule has 1 unspecified atom stereocenters. The topological polar surface area (TPSA) is 18.5 Å². The quantitative estimate of drug-likeness (QED) is 0.800. The van der Waals surface area contributed by atoms with Gasteiger partial charge in [0.05, 0.1) is 14.2 Å². The summed E-state index contributed by atoms with van der Waals surface area (Å²) in [5.41, 5.74) is 3.81. The second kappa shape index (κ2) is 6.89. The number of benzene rings is 1. The van der Waals surface area contributed by atoms with Crippen molar-refractivity contribution in [2.75, 3.05) is 14.2 Å². The molecule has 1 atom stereocenters. The first-order valence-electron chi connectivity index (χ1n) is 6.82. The molecule has 0 radical (unpaired) electrons. The minimum atomic E-state index is 0.513. The van der Waals surface area contributed by atoms with Crippen LogP contribution in [0.5, 0.6) is 5.75 Å². The molecule has 20 heavy (non-hydrogen) atoms. The van der Waals surface area contributed by atoms with Crippen LogP contribution in [-0.2, 0) is 10.5 Å². The van der Waals surface area contributed by atoms with Crippen molar-refractivity contribution < 1.29 is 9.47 Å². The normalized spacial score (nSPS) is 17.8. The first-order chi connectivity index (χ1) is 9.65. The molecule has 1 aromatic rings. The second-order valence-corrected chi connectivity index (χ2v) is 6.19. The van der Waals surface area contributed by atoms with Crippen molar-refractivity contribution >= 4 is 11.8 Å². The molecule has 1 aliphatic carbocycles. The summed E-state index contributed by atoms with van der Waals surface area (Å²) in [5.74, 6) is 2.97. The van der Waals surface area contributed by atoms with Crippen LogP contribution in [0.15, 0.2) is 36.1 Å². The van der Waals surface area contributed by atoms with Gasteiger partial charge in [-0.15, -0.1) is 11.8 Å². The summed E-state index contributed by atoms with van der Waals surface area (Å²) in [6, 6.07) is 4.30. The number of aryl methyl sites for hydroxylation is 2. The maximum atomic E-state index is 5.57. The minimum Gasteiger partial charge on any atom is -0.497 e. The van der Waals surface area contributed by atoms with E-state index in [4.69, 9.17) is 9.47 Å². The molecule has 0 saturated carbocycles. The van der Waals surface area contributed by atoms with Gasteiger partial charge in [0.15, 0.2) is 0 Å². The molecule has 0 amide bonds. The maximum Gasteiger partial charge on any atom is 0.126 e. The fourth-order valence-electron chi connectivity index (χ4n) is 2.35. The van der Waals surface area contributed by atoms with E-state index in [9.17, 15) is 0 Å². The Morgan fingerprint density at radius 3 is 2.50 bits per heavy atom. The molecule has 108 valence electrons. The number of thioether (sulfide) groups is 1. The zero-order valence-corrected chi connectivity index (χ0v) is 13.4. The number of allylic oxidation sites excluding steroid dienone is 2. The third kappa shape index (κ3) is 3.40. The summed E-state index contributed by atoms with van der Waals surface area (Å²) in [4.78, 5) is 0. The van der Waals surface area contributed by atoms with E-state index in [0.717, 1.165) is 23.7 Å². The Bertz CT molecular complexity index is 532. The van der Waals surface area contributed by atoms with Gasteiger partial charge in [-0.05, 0) is 43.5 Å². The highest BCUT2D eigenvalue weighted by atomic mass is 32.2. The van der Waals surface area contributed by atoms with Crippen LogP contribution in [0.3, 0.4) is 0 Å². The Balaban J connectivity index is 2.04. The van der Waals surface area contributed by atoms with E-state index >= 15 is 0 Å². The summed E-state index contributed by atoms with van der Waals surface area (Å²) in [6.07, 6.45) is 7.46. The van der Waals surface area contributed by atoms with Crippen LogP contribution < -0.4 is 4.74 Å². The highest BCUT2D eigenvalue weighted by Gasteiger charge is 2.14. The Labute approximate surface area is 125 Å². The molecular weight excluding hydrogens is 268 g/mol. The van der Waals surface area contributed by atoms with Crippen molar-refractivity contribution in [3.05, 3.63) is 52.8 Å². The van der Waals surface area contributed by atoms with E-state index in [2.05, 4.69) is 44.2 Å². The third-order valence-electron chi connectivity index (χ3n) is 3.60. The lowest BCUT2D eigenvalue weighted by Crippen LogP contribution is -2.04. The molecule has 0 spiro atoms. The molecule has 3 heteroatoms.